The minimum absolute atomic E-state index is 0.0206. The number of piperidine rings is 1. The Morgan fingerprint density at radius 2 is 1.84 bits per heavy atom. The van der Waals surface area contributed by atoms with Gasteiger partial charge in [0.2, 0.25) is 0 Å². The number of carbonyl (C=O) groups excluding carboxylic acids is 1. The van der Waals surface area contributed by atoms with Gasteiger partial charge < -0.3 is 4.98 Å². The quantitative estimate of drug-likeness (QED) is 0.761. The smallest absolute Gasteiger partial charge is 0.265 e. The van der Waals surface area contributed by atoms with Gasteiger partial charge in [0.25, 0.3) is 5.91 Å². The largest absolute Gasteiger partial charge is 0.361 e. The predicted octanol–water partition coefficient (Wildman–Crippen LogP) is 3.89. The summed E-state index contributed by atoms with van der Waals surface area (Å²) in [7, 11) is 0. The predicted molar refractivity (Wildman–Crippen MR) is 100 cm³/mol. The van der Waals surface area contributed by atoms with Gasteiger partial charge in [0.05, 0.1) is 0 Å². The molecule has 0 radical (unpaired) electrons. The molecule has 1 saturated heterocycles. The van der Waals surface area contributed by atoms with Crippen LogP contribution in [0.5, 0.6) is 0 Å². The Labute approximate surface area is 147 Å². The Bertz CT molecular complexity index is 863. The van der Waals surface area contributed by atoms with Crippen LogP contribution in [0.2, 0.25) is 0 Å². The second kappa shape index (κ2) is 7.11. The van der Waals surface area contributed by atoms with E-state index in [9.17, 15) is 4.79 Å². The number of hydrogen-bond acceptors (Lipinski definition) is 2. The number of hydrazine groups is 1. The first-order chi connectivity index (χ1) is 12.3. The van der Waals surface area contributed by atoms with Gasteiger partial charge in [0.1, 0.15) is 0 Å². The lowest BCUT2D eigenvalue weighted by Crippen LogP contribution is -2.45. The number of carbonyl (C=O) groups is 1. The van der Waals surface area contributed by atoms with Crippen molar-refractivity contribution >= 4 is 16.8 Å². The molecule has 2 aromatic carbocycles. The van der Waals surface area contributed by atoms with Gasteiger partial charge in [-0.1, -0.05) is 36.8 Å². The fraction of sp³-hybridized carbons (Fsp3) is 0.286. The summed E-state index contributed by atoms with van der Waals surface area (Å²) < 4.78 is 0. The number of aromatic nitrogens is 1. The molecule has 4 nitrogen and oxygen atoms in total. The molecule has 0 atom stereocenters. The van der Waals surface area contributed by atoms with Gasteiger partial charge in [-0.25, -0.2) is 5.01 Å². The van der Waals surface area contributed by atoms with Crippen LogP contribution in [0.4, 0.5) is 0 Å². The third kappa shape index (κ3) is 3.59. The molecule has 0 spiro atoms. The number of amides is 1. The summed E-state index contributed by atoms with van der Waals surface area (Å²) in [5.41, 5.74) is 7.21. The first kappa shape index (κ1) is 15.9. The van der Waals surface area contributed by atoms with Gasteiger partial charge in [0.15, 0.2) is 0 Å². The van der Waals surface area contributed by atoms with Gasteiger partial charge in [-0.3, -0.25) is 10.2 Å². The fourth-order valence-corrected chi connectivity index (χ4v) is 3.55. The van der Waals surface area contributed by atoms with Crippen LogP contribution < -0.4 is 5.43 Å². The zero-order valence-corrected chi connectivity index (χ0v) is 14.3. The zero-order valence-electron chi connectivity index (χ0n) is 14.3. The van der Waals surface area contributed by atoms with Crippen LogP contribution in [0, 0.1) is 0 Å². The van der Waals surface area contributed by atoms with E-state index in [1.165, 1.54) is 22.9 Å². The van der Waals surface area contributed by atoms with E-state index in [-0.39, 0.29) is 5.91 Å². The summed E-state index contributed by atoms with van der Waals surface area (Å²) in [6.45, 7) is 1.88. The molecule has 2 N–H and O–H groups in total. The lowest BCUT2D eigenvalue weighted by Gasteiger charge is -2.26. The second-order valence-corrected chi connectivity index (χ2v) is 6.73. The molecule has 1 aliphatic rings. The number of nitrogens with zero attached hydrogens (tertiary/aromatic N) is 1. The van der Waals surface area contributed by atoms with E-state index in [0.29, 0.717) is 5.56 Å². The zero-order chi connectivity index (χ0) is 17.1. The van der Waals surface area contributed by atoms with Crippen LogP contribution in [-0.2, 0) is 6.42 Å². The van der Waals surface area contributed by atoms with E-state index >= 15 is 0 Å². The highest BCUT2D eigenvalue weighted by atomic mass is 16.2. The average Bonchev–Trinajstić information content (AvgIpc) is 3.12. The average molecular weight is 333 g/mol. The molecule has 0 aliphatic carbocycles. The standard InChI is InChI=1S/C21H23N3O/c25-21(23-24-11-5-2-6-12-24)18-14-17(13-16-7-3-1-4-8-16)19-9-10-22-20(19)15-18/h1,3-4,7-10,14-15,22H,2,5-6,11-13H2,(H,23,25). The number of benzene rings is 2. The first-order valence-corrected chi connectivity index (χ1v) is 8.99. The van der Waals surface area contributed by atoms with Gasteiger partial charge in [-0.05, 0) is 48.6 Å². The molecule has 1 fully saturated rings. The molecular weight excluding hydrogens is 310 g/mol. The molecular formula is C21H23N3O. The Morgan fingerprint density at radius 3 is 2.64 bits per heavy atom. The van der Waals surface area contributed by atoms with E-state index in [1.807, 2.05) is 29.4 Å². The van der Waals surface area contributed by atoms with Crippen molar-refractivity contribution in [3.63, 3.8) is 0 Å². The number of hydrogen-bond donors (Lipinski definition) is 2. The van der Waals surface area contributed by atoms with Gasteiger partial charge >= 0.3 is 0 Å². The third-order valence-corrected chi connectivity index (χ3v) is 4.87. The molecule has 4 heteroatoms. The van der Waals surface area contributed by atoms with Crippen molar-refractivity contribution in [2.45, 2.75) is 25.7 Å². The van der Waals surface area contributed by atoms with E-state index in [1.54, 1.807) is 0 Å². The van der Waals surface area contributed by atoms with Gasteiger partial charge in [-0.2, -0.15) is 0 Å². The number of H-pyrrole nitrogens is 1. The highest BCUT2D eigenvalue weighted by molar-refractivity contribution is 5.98. The Hall–Kier alpha value is -2.59. The summed E-state index contributed by atoms with van der Waals surface area (Å²) in [6.07, 6.45) is 6.30. The van der Waals surface area contributed by atoms with Crippen molar-refractivity contribution in [2.75, 3.05) is 13.1 Å². The topological polar surface area (TPSA) is 48.1 Å². The number of aromatic amines is 1. The normalized spacial score (nSPS) is 15.4. The lowest BCUT2D eigenvalue weighted by molar-refractivity contribution is 0.0750. The van der Waals surface area contributed by atoms with E-state index in [0.717, 1.165) is 37.9 Å². The summed E-state index contributed by atoms with van der Waals surface area (Å²) in [5.74, 6) is -0.0206. The Balaban J connectivity index is 1.61. The van der Waals surface area contributed by atoms with Crippen molar-refractivity contribution in [3.05, 3.63) is 71.4 Å². The molecule has 0 bridgehead atoms. The number of nitrogens with one attached hydrogen (secondary N) is 2. The molecule has 1 aliphatic heterocycles. The highest BCUT2D eigenvalue weighted by Gasteiger charge is 2.16. The monoisotopic (exact) mass is 333 g/mol. The van der Waals surface area contributed by atoms with Crippen molar-refractivity contribution in [3.8, 4) is 0 Å². The van der Waals surface area contributed by atoms with Crippen LogP contribution >= 0.6 is 0 Å². The maximum absolute atomic E-state index is 12.7. The van der Waals surface area contributed by atoms with Crippen LogP contribution in [0.3, 0.4) is 0 Å². The summed E-state index contributed by atoms with van der Waals surface area (Å²) in [4.78, 5) is 16.0. The van der Waals surface area contributed by atoms with Gasteiger partial charge in [-0.15, -0.1) is 0 Å². The van der Waals surface area contributed by atoms with Crippen LogP contribution in [0.15, 0.2) is 54.7 Å². The minimum atomic E-state index is -0.0206. The van der Waals surface area contributed by atoms with E-state index in [4.69, 9.17) is 0 Å². The van der Waals surface area contributed by atoms with Crippen molar-refractivity contribution in [2.24, 2.45) is 0 Å². The maximum atomic E-state index is 12.7. The molecule has 0 saturated carbocycles. The first-order valence-electron chi connectivity index (χ1n) is 8.99. The van der Waals surface area contributed by atoms with Crippen LogP contribution in [0.1, 0.15) is 40.7 Å². The van der Waals surface area contributed by atoms with Crippen molar-refractivity contribution in [1.29, 1.82) is 0 Å². The molecule has 0 unspecified atom stereocenters. The second-order valence-electron chi connectivity index (χ2n) is 6.73. The molecule has 1 amide bonds. The van der Waals surface area contributed by atoms with Crippen molar-refractivity contribution in [1.82, 2.24) is 15.4 Å². The third-order valence-electron chi connectivity index (χ3n) is 4.87. The fourth-order valence-electron chi connectivity index (χ4n) is 3.55. The Morgan fingerprint density at radius 1 is 1.04 bits per heavy atom. The number of rotatable bonds is 4. The SMILES string of the molecule is O=C(NN1CCCCC1)c1cc(Cc2ccccc2)c2cc[nH]c2c1. The highest BCUT2D eigenvalue weighted by Crippen LogP contribution is 2.23. The lowest BCUT2D eigenvalue weighted by atomic mass is 9.99. The van der Waals surface area contributed by atoms with E-state index < -0.39 is 0 Å². The molecule has 1 aromatic heterocycles. The maximum Gasteiger partial charge on any atom is 0.265 e. The van der Waals surface area contributed by atoms with Crippen LogP contribution in [-0.4, -0.2) is 29.0 Å². The molecule has 2 heterocycles. The summed E-state index contributed by atoms with van der Waals surface area (Å²) in [5, 5.41) is 3.22. The molecule has 25 heavy (non-hydrogen) atoms. The summed E-state index contributed by atoms with van der Waals surface area (Å²) in [6, 6.07) is 16.4. The molecule has 3 aromatic rings. The molecule has 4 rings (SSSR count). The Kier molecular flexibility index (Phi) is 4.53. The van der Waals surface area contributed by atoms with Gasteiger partial charge in [0, 0.05) is 35.8 Å². The van der Waals surface area contributed by atoms with Crippen LogP contribution in [0.25, 0.3) is 10.9 Å². The number of fused-ring (bicyclic) bond motifs is 1. The van der Waals surface area contributed by atoms with E-state index in [2.05, 4.69) is 40.7 Å². The van der Waals surface area contributed by atoms with Crippen molar-refractivity contribution < 1.29 is 4.79 Å². The molecule has 128 valence electrons. The minimum Gasteiger partial charge on any atom is -0.361 e. The summed E-state index contributed by atoms with van der Waals surface area (Å²) >= 11 is 0.